The fourth-order valence-electron chi connectivity index (χ4n) is 2.16. The van der Waals surface area contributed by atoms with Gasteiger partial charge in [-0.2, -0.15) is 0 Å². The summed E-state index contributed by atoms with van der Waals surface area (Å²) in [5.74, 6) is 1.76. The van der Waals surface area contributed by atoms with E-state index in [2.05, 4.69) is 47.7 Å². The predicted molar refractivity (Wildman–Crippen MR) is 107 cm³/mol. The van der Waals surface area contributed by atoms with Crippen LogP contribution in [-0.2, 0) is 11.2 Å². The quantitative estimate of drug-likeness (QED) is 0.375. The molecule has 1 aromatic carbocycles. The zero-order valence-electron chi connectivity index (χ0n) is 14.8. The van der Waals surface area contributed by atoms with Gasteiger partial charge in [0.05, 0.1) is 13.7 Å². The monoisotopic (exact) mass is 435 g/mol. The number of nitrogens with zero attached hydrogens (tertiary/aromatic N) is 1. The molecule has 1 unspecified atom stereocenters. The van der Waals surface area contributed by atoms with E-state index in [1.165, 1.54) is 5.56 Å². The minimum absolute atomic E-state index is 0. The van der Waals surface area contributed by atoms with Crippen LogP contribution in [0.15, 0.2) is 23.2 Å². The number of hydrogen-bond donors (Lipinski definition) is 2. The number of guanidine groups is 1. The zero-order valence-corrected chi connectivity index (χ0v) is 17.1. The van der Waals surface area contributed by atoms with Gasteiger partial charge in [0.15, 0.2) is 5.96 Å². The molecular formula is C17H30IN3O2. The number of halogens is 1. The first-order chi connectivity index (χ1) is 10.6. The van der Waals surface area contributed by atoms with E-state index in [0.29, 0.717) is 6.61 Å². The molecule has 0 aliphatic rings. The number of aryl methyl sites for hydroxylation is 1. The van der Waals surface area contributed by atoms with Gasteiger partial charge >= 0.3 is 0 Å². The molecule has 0 aliphatic heterocycles. The van der Waals surface area contributed by atoms with Crippen LogP contribution in [-0.4, -0.2) is 45.9 Å². The number of ether oxygens (including phenoxy) is 2. The summed E-state index contributed by atoms with van der Waals surface area (Å²) in [7, 11) is 3.40. The van der Waals surface area contributed by atoms with E-state index in [4.69, 9.17) is 9.47 Å². The molecule has 0 aromatic heterocycles. The molecule has 6 heteroatoms. The van der Waals surface area contributed by atoms with Crippen molar-refractivity contribution in [3.63, 3.8) is 0 Å². The molecule has 0 amide bonds. The molecule has 132 valence electrons. The summed E-state index contributed by atoms with van der Waals surface area (Å²) in [6.45, 7) is 8.39. The molecule has 0 saturated heterocycles. The zero-order chi connectivity index (χ0) is 16.4. The third kappa shape index (κ3) is 8.41. The highest BCUT2D eigenvalue weighted by molar-refractivity contribution is 14.0. The molecule has 5 nitrogen and oxygen atoms in total. The van der Waals surface area contributed by atoms with Crippen molar-refractivity contribution in [3.05, 3.63) is 29.3 Å². The van der Waals surface area contributed by atoms with E-state index in [1.807, 2.05) is 6.92 Å². The Bertz CT molecular complexity index is 481. The molecule has 0 saturated carbocycles. The standard InChI is InChI=1S/C17H29N3O2.HI/c1-6-18-17(20-14(3)12-21-4)19-10-9-15-8-7-13(2)16(11-15)22-5;/h7-8,11,14H,6,9-10,12H2,1-5H3,(H2,18,19,20);1H. The Morgan fingerprint density at radius 2 is 2.04 bits per heavy atom. The summed E-state index contributed by atoms with van der Waals surface area (Å²) < 4.78 is 10.5. The predicted octanol–water partition coefficient (Wildman–Crippen LogP) is 2.75. The highest BCUT2D eigenvalue weighted by Gasteiger charge is 2.04. The molecular weight excluding hydrogens is 405 g/mol. The SMILES string of the molecule is CCNC(=NCCc1ccc(C)c(OC)c1)NC(C)COC.I. The van der Waals surface area contributed by atoms with Gasteiger partial charge in [-0.15, -0.1) is 24.0 Å². The van der Waals surface area contributed by atoms with Gasteiger partial charge in [0.1, 0.15) is 5.75 Å². The number of rotatable bonds is 8. The Labute approximate surface area is 157 Å². The summed E-state index contributed by atoms with van der Waals surface area (Å²) in [6, 6.07) is 6.52. The van der Waals surface area contributed by atoms with Gasteiger partial charge in [0.2, 0.25) is 0 Å². The molecule has 1 atom stereocenters. The van der Waals surface area contributed by atoms with Gasteiger partial charge in [0, 0.05) is 26.2 Å². The molecule has 2 N–H and O–H groups in total. The van der Waals surface area contributed by atoms with Crippen LogP contribution in [0.1, 0.15) is 25.0 Å². The number of nitrogens with one attached hydrogen (secondary N) is 2. The molecule has 0 radical (unpaired) electrons. The van der Waals surface area contributed by atoms with Crippen molar-refractivity contribution in [3.8, 4) is 5.75 Å². The lowest BCUT2D eigenvalue weighted by molar-refractivity contribution is 0.179. The van der Waals surface area contributed by atoms with Crippen LogP contribution in [0.25, 0.3) is 0 Å². The summed E-state index contributed by atoms with van der Waals surface area (Å²) >= 11 is 0. The lowest BCUT2D eigenvalue weighted by Gasteiger charge is -2.17. The first-order valence-electron chi connectivity index (χ1n) is 7.78. The second kappa shape index (κ2) is 12.4. The third-order valence-electron chi connectivity index (χ3n) is 3.29. The van der Waals surface area contributed by atoms with E-state index in [1.54, 1.807) is 14.2 Å². The van der Waals surface area contributed by atoms with Crippen LogP contribution in [0.3, 0.4) is 0 Å². The highest BCUT2D eigenvalue weighted by Crippen LogP contribution is 2.19. The van der Waals surface area contributed by atoms with Crippen molar-refractivity contribution in [2.24, 2.45) is 4.99 Å². The van der Waals surface area contributed by atoms with E-state index in [9.17, 15) is 0 Å². The second-order valence-electron chi connectivity index (χ2n) is 5.32. The summed E-state index contributed by atoms with van der Waals surface area (Å²) in [6.07, 6.45) is 0.881. The van der Waals surface area contributed by atoms with Gasteiger partial charge in [0.25, 0.3) is 0 Å². The van der Waals surface area contributed by atoms with Crippen LogP contribution in [0.2, 0.25) is 0 Å². The first kappa shape index (κ1) is 22.0. The Hall–Kier alpha value is -1.02. The second-order valence-corrected chi connectivity index (χ2v) is 5.32. The Morgan fingerprint density at radius 3 is 2.65 bits per heavy atom. The van der Waals surface area contributed by atoms with Gasteiger partial charge in [-0.25, -0.2) is 0 Å². The summed E-state index contributed by atoms with van der Waals surface area (Å²) in [5, 5.41) is 6.57. The maximum atomic E-state index is 5.36. The van der Waals surface area contributed by atoms with E-state index in [0.717, 1.165) is 36.8 Å². The first-order valence-corrected chi connectivity index (χ1v) is 7.78. The maximum Gasteiger partial charge on any atom is 0.191 e. The average Bonchev–Trinajstić information content (AvgIpc) is 2.49. The Kier molecular flexibility index (Phi) is 11.9. The highest BCUT2D eigenvalue weighted by atomic mass is 127. The minimum atomic E-state index is 0. The number of hydrogen-bond acceptors (Lipinski definition) is 3. The number of aliphatic imine (C=N–C) groups is 1. The molecule has 23 heavy (non-hydrogen) atoms. The summed E-state index contributed by atoms with van der Waals surface area (Å²) in [5.41, 5.74) is 2.38. The average molecular weight is 435 g/mol. The lowest BCUT2D eigenvalue weighted by Crippen LogP contribution is -2.44. The van der Waals surface area contributed by atoms with Crippen LogP contribution < -0.4 is 15.4 Å². The van der Waals surface area contributed by atoms with Crippen molar-refractivity contribution in [1.29, 1.82) is 0 Å². The fourth-order valence-corrected chi connectivity index (χ4v) is 2.16. The maximum absolute atomic E-state index is 5.36. The Balaban J connectivity index is 0.00000484. The van der Waals surface area contributed by atoms with Crippen LogP contribution in [0.4, 0.5) is 0 Å². The third-order valence-corrected chi connectivity index (χ3v) is 3.29. The van der Waals surface area contributed by atoms with Crippen LogP contribution in [0, 0.1) is 6.92 Å². The van der Waals surface area contributed by atoms with Gasteiger partial charge in [-0.1, -0.05) is 12.1 Å². The van der Waals surface area contributed by atoms with E-state index < -0.39 is 0 Å². The summed E-state index contributed by atoms with van der Waals surface area (Å²) in [4.78, 5) is 4.61. The van der Waals surface area contributed by atoms with E-state index in [-0.39, 0.29) is 30.0 Å². The smallest absolute Gasteiger partial charge is 0.191 e. The molecule has 0 spiro atoms. The normalized spacial score (nSPS) is 12.3. The Morgan fingerprint density at radius 1 is 1.30 bits per heavy atom. The van der Waals surface area contributed by atoms with Crippen LogP contribution >= 0.6 is 24.0 Å². The molecule has 0 fully saturated rings. The number of methoxy groups -OCH3 is 2. The van der Waals surface area contributed by atoms with E-state index >= 15 is 0 Å². The lowest BCUT2D eigenvalue weighted by atomic mass is 10.1. The largest absolute Gasteiger partial charge is 0.496 e. The van der Waals surface area contributed by atoms with Crippen LogP contribution in [0.5, 0.6) is 5.75 Å². The molecule has 0 aliphatic carbocycles. The van der Waals surface area contributed by atoms with Crippen molar-refractivity contribution in [1.82, 2.24) is 10.6 Å². The van der Waals surface area contributed by atoms with Crippen molar-refractivity contribution >= 4 is 29.9 Å². The minimum Gasteiger partial charge on any atom is -0.496 e. The molecule has 1 aromatic rings. The van der Waals surface area contributed by atoms with Gasteiger partial charge in [-0.3, -0.25) is 4.99 Å². The van der Waals surface area contributed by atoms with Crippen molar-refractivity contribution < 1.29 is 9.47 Å². The molecule has 1 rings (SSSR count). The fraction of sp³-hybridized carbons (Fsp3) is 0.588. The molecule has 0 bridgehead atoms. The van der Waals surface area contributed by atoms with Gasteiger partial charge < -0.3 is 20.1 Å². The number of benzene rings is 1. The van der Waals surface area contributed by atoms with Crippen molar-refractivity contribution in [2.45, 2.75) is 33.2 Å². The van der Waals surface area contributed by atoms with Crippen molar-refractivity contribution in [2.75, 3.05) is 33.9 Å². The topological polar surface area (TPSA) is 54.9 Å². The molecule has 0 heterocycles. The van der Waals surface area contributed by atoms with Gasteiger partial charge in [-0.05, 0) is 44.4 Å².